The van der Waals surface area contributed by atoms with Crippen LogP contribution in [0.1, 0.15) is 19.3 Å². The van der Waals surface area contributed by atoms with Crippen molar-refractivity contribution >= 4 is 17.4 Å². The Morgan fingerprint density at radius 2 is 1.96 bits per heavy atom. The topological polar surface area (TPSA) is 58.6 Å². The number of piperidine rings is 1. The molecular weight excluding hydrogens is 304 g/mol. The van der Waals surface area contributed by atoms with Gasteiger partial charge in [-0.2, -0.15) is 0 Å². The highest BCUT2D eigenvalue weighted by Gasteiger charge is 2.44. The lowest BCUT2D eigenvalue weighted by Crippen LogP contribution is -2.52. The summed E-state index contributed by atoms with van der Waals surface area (Å²) in [7, 11) is 1.61. The summed E-state index contributed by atoms with van der Waals surface area (Å²) in [4.78, 5) is 25.3. The van der Waals surface area contributed by atoms with Crippen molar-refractivity contribution in [2.75, 3.05) is 23.5 Å². The second-order valence-corrected chi connectivity index (χ2v) is 6.17. The van der Waals surface area contributed by atoms with Crippen LogP contribution in [0.2, 0.25) is 0 Å². The van der Waals surface area contributed by atoms with Gasteiger partial charge in [0.2, 0.25) is 11.8 Å². The summed E-state index contributed by atoms with van der Waals surface area (Å²) in [6.07, 6.45) is 3.90. The van der Waals surface area contributed by atoms with E-state index in [9.17, 15) is 4.79 Å². The quantitative estimate of drug-likeness (QED) is 0.867. The maximum Gasteiger partial charge on any atom is 0.227 e. The number of para-hydroxylation sites is 1. The van der Waals surface area contributed by atoms with E-state index >= 15 is 0 Å². The molecule has 2 aliphatic rings. The van der Waals surface area contributed by atoms with E-state index in [4.69, 9.17) is 4.74 Å². The van der Waals surface area contributed by atoms with Crippen LogP contribution < -0.4 is 14.5 Å². The van der Waals surface area contributed by atoms with E-state index in [0.29, 0.717) is 12.3 Å². The molecule has 3 heterocycles. The highest BCUT2D eigenvalue weighted by atomic mass is 16.5. The number of rotatable bonds is 3. The van der Waals surface area contributed by atoms with Crippen LogP contribution in [-0.2, 0) is 4.79 Å². The molecule has 1 aromatic carbocycles. The SMILES string of the molecule is COc1cc(N2CC[C@@H]3[C@H]2CCC(=O)N3c2ccccc2)ncn1. The molecule has 6 nitrogen and oxygen atoms in total. The van der Waals surface area contributed by atoms with E-state index in [0.717, 1.165) is 30.9 Å². The molecule has 0 saturated carbocycles. The first-order valence-electron chi connectivity index (χ1n) is 8.27. The number of methoxy groups -OCH3 is 1. The summed E-state index contributed by atoms with van der Waals surface area (Å²) in [5, 5.41) is 0. The Balaban J connectivity index is 1.64. The summed E-state index contributed by atoms with van der Waals surface area (Å²) in [6.45, 7) is 0.881. The molecule has 1 aromatic heterocycles. The number of amides is 1. The van der Waals surface area contributed by atoms with E-state index in [1.807, 2.05) is 41.3 Å². The van der Waals surface area contributed by atoms with Gasteiger partial charge in [-0.3, -0.25) is 4.79 Å². The fourth-order valence-corrected chi connectivity index (χ4v) is 3.87. The molecular formula is C18H20N4O2. The van der Waals surface area contributed by atoms with Crippen LogP contribution in [0.4, 0.5) is 11.5 Å². The zero-order chi connectivity index (χ0) is 16.5. The molecule has 124 valence electrons. The number of ether oxygens (including phenoxy) is 1. The van der Waals surface area contributed by atoms with E-state index in [1.54, 1.807) is 7.11 Å². The molecule has 6 heteroatoms. The molecule has 2 atom stereocenters. The van der Waals surface area contributed by atoms with Crippen LogP contribution in [-0.4, -0.2) is 41.6 Å². The molecule has 24 heavy (non-hydrogen) atoms. The first-order chi connectivity index (χ1) is 11.8. The zero-order valence-electron chi connectivity index (χ0n) is 13.6. The number of fused-ring (bicyclic) bond motifs is 1. The van der Waals surface area contributed by atoms with Gasteiger partial charge in [0.25, 0.3) is 0 Å². The van der Waals surface area contributed by atoms with Crippen molar-refractivity contribution in [2.45, 2.75) is 31.3 Å². The normalized spacial score (nSPS) is 23.3. The third-order valence-corrected chi connectivity index (χ3v) is 4.93. The Labute approximate surface area is 141 Å². The lowest BCUT2D eigenvalue weighted by molar-refractivity contribution is -0.120. The minimum Gasteiger partial charge on any atom is -0.481 e. The van der Waals surface area contributed by atoms with Gasteiger partial charge in [-0.05, 0) is 25.0 Å². The van der Waals surface area contributed by atoms with Crippen molar-refractivity contribution in [3.05, 3.63) is 42.7 Å². The first-order valence-corrected chi connectivity index (χ1v) is 8.27. The number of anilines is 2. The maximum absolute atomic E-state index is 12.5. The fourth-order valence-electron chi connectivity index (χ4n) is 3.87. The molecule has 2 aromatic rings. The van der Waals surface area contributed by atoms with Crippen molar-refractivity contribution in [2.24, 2.45) is 0 Å². The van der Waals surface area contributed by atoms with Crippen LogP contribution in [0.25, 0.3) is 0 Å². The van der Waals surface area contributed by atoms with E-state index in [1.165, 1.54) is 6.33 Å². The third kappa shape index (κ3) is 2.48. The lowest BCUT2D eigenvalue weighted by Gasteiger charge is -2.40. The monoisotopic (exact) mass is 324 g/mol. The summed E-state index contributed by atoms with van der Waals surface area (Å²) in [5.74, 6) is 1.65. The van der Waals surface area contributed by atoms with Crippen molar-refractivity contribution < 1.29 is 9.53 Å². The molecule has 2 saturated heterocycles. The zero-order valence-corrected chi connectivity index (χ0v) is 13.6. The van der Waals surface area contributed by atoms with Crippen molar-refractivity contribution in [1.29, 1.82) is 0 Å². The smallest absolute Gasteiger partial charge is 0.227 e. The average Bonchev–Trinajstić information content (AvgIpc) is 3.06. The molecule has 4 rings (SSSR count). The Morgan fingerprint density at radius 3 is 2.75 bits per heavy atom. The largest absolute Gasteiger partial charge is 0.481 e. The number of carbonyl (C=O) groups excluding carboxylic acids is 1. The van der Waals surface area contributed by atoms with Crippen molar-refractivity contribution in [3.63, 3.8) is 0 Å². The van der Waals surface area contributed by atoms with Gasteiger partial charge in [0.15, 0.2) is 0 Å². The number of carbonyl (C=O) groups is 1. The van der Waals surface area contributed by atoms with E-state index in [-0.39, 0.29) is 18.0 Å². The second kappa shape index (κ2) is 6.11. The maximum atomic E-state index is 12.5. The number of benzene rings is 1. The van der Waals surface area contributed by atoms with Gasteiger partial charge in [0.1, 0.15) is 12.1 Å². The van der Waals surface area contributed by atoms with Gasteiger partial charge in [-0.1, -0.05) is 18.2 Å². The molecule has 0 bridgehead atoms. The fraction of sp³-hybridized carbons (Fsp3) is 0.389. The van der Waals surface area contributed by atoms with Crippen LogP contribution >= 0.6 is 0 Å². The Morgan fingerprint density at radius 1 is 1.12 bits per heavy atom. The van der Waals surface area contributed by atoms with Gasteiger partial charge >= 0.3 is 0 Å². The van der Waals surface area contributed by atoms with Gasteiger partial charge in [-0.25, -0.2) is 9.97 Å². The predicted octanol–water partition coefficient (Wildman–Crippen LogP) is 2.26. The van der Waals surface area contributed by atoms with Crippen molar-refractivity contribution in [1.82, 2.24) is 9.97 Å². The van der Waals surface area contributed by atoms with Gasteiger partial charge in [0.05, 0.1) is 19.2 Å². The van der Waals surface area contributed by atoms with Crippen LogP contribution in [0.3, 0.4) is 0 Å². The summed E-state index contributed by atoms with van der Waals surface area (Å²) >= 11 is 0. The molecule has 2 aliphatic heterocycles. The number of nitrogens with zero attached hydrogens (tertiary/aromatic N) is 4. The summed E-state index contributed by atoms with van der Waals surface area (Å²) < 4.78 is 5.22. The number of hydrogen-bond acceptors (Lipinski definition) is 5. The third-order valence-electron chi connectivity index (χ3n) is 4.93. The van der Waals surface area contributed by atoms with Crippen LogP contribution in [0.5, 0.6) is 5.88 Å². The molecule has 0 spiro atoms. The number of aromatic nitrogens is 2. The van der Waals surface area contributed by atoms with E-state index < -0.39 is 0 Å². The Kier molecular flexibility index (Phi) is 3.80. The average molecular weight is 324 g/mol. The molecule has 0 unspecified atom stereocenters. The number of hydrogen-bond donors (Lipinski definition) is 0. The Bertz CT molecular complexity index is 737. The minimum atomic E-state index is 0.189. The standard InChI is InChI=1S/C18H20N4O2/c1-24-17-11-16(19-12-20-17)21-10-9-15-14(21)7-8-18(23)22(15)13-5-3-2-4-6-13/h2-6,11-12,14-15H,7-10H2,1H3/t14-,15-/m1/s1. The van der Waals surface area contributed by atoms with Crippen LogP contribution in [0, 0.1) is 0 Å². The van der Waals surface area contributed by atoms with Crippen molar-refractivity contribution in [3.8, 4) is 5.88 Å². The summed E-state index contributed by atoms with van der Waals surface area (Å²) in [6, 6.07) is 12.3. The highest BCUT2D eigenvalue weighted by Crippen LogP contribution is 2.36. The first kappa shape index (κ1) is 14.9. The minimum absolute atomic E-state index is 0.189. The molecule has 2 fully saturated rings. The highest BCUT2D eigenvalue weighted by molar-refractivity contribution is 5.95. The molecule has 0 N–H and O–H groups in total. The Hall–Kier alpha value is -2.63. The van der Waals surface area contributed by atoms with Crippen LogP contribution in [0.15, 0.2) is 42.7 Å². The van der Waals surface area contributed by atoms with Gasteiger partial charge < -0.3 is 14.5 Å². The molecule has 0 aliphatic carbocycles. The lowest BCUT2D eigenvalue weighted by atomic mass is 9.95. The van der Waals surface area contributed by atoms with E-state index in [2.05, 4.69) is 14.9 Å². The molecule has 1 amide bonds. The molecule has 0 radical (unpaired) electrons. The predicted molar refractivity (Wildman–Crippen MR) is 91.3 cm³/mol. The van der Waals surface area contributed by atoms with Gasteiger partial charge in [0, 0.05) is 24.7 Å². The second-order valence-electron chi connectivity index (χ2n) is 6.17. The van der Waals surface area contributed by atoms with Gasteiger partial charge in [-0.15, -0.1) is 0 Å². The summed E-state index contributed by atoms with van der Waals surface area (Å²) in [5.41, 5.74) is 0.985.